The number of H-pyrrole nitrogens is 1. The molecule has 0 saturated heterocycles. The van der Waals surface area contributed by atoms with E-state index in [-0.39, 0.29) is 5.91 Å². The van der Waals surface area contributed by atoms with Gasteiger partial charge in [0.05, 0.1) is 25.6 Å². The Morgan fingerprint density at radius 2 is 1.82 bits per heavy atom. The van der Waals surface area contributed by atoms with Crippen LogP contribution in [0.2, 0.25) is 0 Å². The number of rotatable bonds is 6. The normalized spacial score (nSPS) is 11.2. The number of aromatic nitrogens is 2. The highest BCUT2D eigenvalue weighted by molar-refractivity contribution is 6.00. The minimum Gasteiger partial charge on any atom is -0.497 e. The molecule has 7 nitrogen and oxygen atoms in total. The van der Waals surface area contributed by atoms with E-state index in [0.717, 1.165) is 11.1 Å². The van der Waals surface area contributed by atoms with Gasteiger partial charge in [-0.25, -0.2) is 5.43 Å². The summed E-state index contributed by atoms with van der Waals surface area (Å²) < 4.78 is 10.6. The number of amides is 1. The molecule has 1 aromatic heterocycles. The van der Waals surface area contributed by atoms with E-state index in [2.05, 4.69) is 20.7 Å². The molecule has 0 saturated carbocycles. The van der Waals surface area contributed by atoms with E-state index in [1.807, 2.05) is 38.1 Å². The summed E-state index contributed by atoms with van der Waals surface area (Å²) in [5, 5.41) is 11.1. The molecule has 2 aromatic carbocycles. The quantitative estimate of drug-likeness (QED) is 0.507. The Labute approximate surface area is 163 Å². The minimum absolute atomic E-state index is 0.292. The fourth-order valence-corrected chi connectivity index (χ4v) is 2.64. The lowest BCUT2D eigenvalue weighted by atomic mass is 10.1. The second-order valence-electron chi connectivity index (χ2n) is 6.24. The molecular weight excluding hydrogens is 356 g/mol. The Morgan fingerprint density at radius 3 is 2.50 bits per heavy atom. The van der Waals surface area contributed by atoms with Crippen molar-refractivity contribution >= 4 is 11.6 Å². The lowest BCUT2D eigenvalue weighted by Crippen LogP contribution is -2.19. The third-order valence-corrected chi connectivity index (χ3v) is 4.30. The van der Waals surface area contributed by atoms with Crippen LogP contribution in [-0.2, 0) is 0 Å². The average Bonchev–Trinajstić information content (AvgIpc) is 3.22. The number of aromatic amines is 1. The maximum absolute atomic E-state index is 12.4. The summed E-state index contributed by atoms with van der Waals surface area (Å²) in [5.74, 6) is 0.919. The summed E-state index contributed by atoms with van der Waals surface area (Å²) in [4.78, 5) is 12.4. The molecule has 0 fully saturated rings. The Balaban J connectivity index is 1.77. The molecule has 0 unspecified atom stereocenters. The van der Waals surface area contributed by atoms with Crippen LogP contribution in [0.5, 0.6) is 11.5 Å². The van der Waals surface area contributed by atoms with Crippen LogP contribution in [0.1, 0.15) is 28.5 Å². The number of hydrogen-bond donors (Lipinski definition) is 2. The van der Waals surface area contributed by atoms with Crippen molar-refractivity contribution in [3.8, 4) is 22.8 Å². The molecule has 3 aromatic rings. The number of hydrazone groups is 1. The number of carbonyl (C=O) groups is 1. The minimum atomic E-state index is -0.382. The van der Waals surface area contributed by atoms with Gasteiger partial charge in [-0.05, 0) is 43.7 Å². The van der Waals surface area contributed by atoms with Crippen molar-refractivity contribution in [3.05, 3.63) is 65.4 Å². The molecule has 0 spiro atoms. The lowest BCUT2D eigenvalue weighted by molar-refractivity contribution is 0.0950. The predicted molar refractivity (Wildman–Crippen MR) is 108 cm³/mol. The van der Waals surface area contributed by atoms with E-state index in [1.54, 1.807) is 38.5 Å². The number of nitrogens with one attached hydrogen (secondary N) is 2. The highest BCUT2D eigenvalue weighted by atomic mass is 16.5. The highest BCUT2D eigenvalue weighted by Crippen LogP contribution is 2.32. The molecule has 3 rings (SSSR count). The van der Waals surface area contributed by atoms with Gasteiger partial charge in [0.15, 0.2) is 0 Å². The maximum atomic E-state index is 12.4. The Bertz CT molecular complexity index is 1010. The lowest BCUT2D eigenvalue weighted by Gasteiger charge is -2.08. The smallest absolute Gasteiger partial charge is 0.289 e. The van der Waals surface area contributed by atoms with Crippen LogP contribution in [-0.4, -0.2) is 36.0 Å². The molecule has 28 heavy (non-hydrogen) atoms. The van der Waals surface area contributed by atoms with Crippen molar-refractivity contribution in [2.75, 3.05) is 14.2 Å². The standard InChI is InChI=1S/C21H22N4O3/c1-13-5-7-15(8-6-13)14(2)22-25-21(26)19-12-18(23-24-19)17-11-16(27-3)9-10-20(17)28-4/h5-12H,1-4H3,(H,23,24)(H,25,26)/b22-14-. The molecule has 1 amide bonds. The molecule has 0 aliphatic heterocycles. The van der Waals surface area contributed by atoms with Crippen LogP contribution in [0.25, 0.3) is 11.3 Å². The van der Waals surface area contributed by atoms with Gasteiger partial charge in [0.1, 0.15) is 17.2 Å². The van der Waals surface area contributed by atoms with E-state index >= 15 is 0 Å². The largest absolute Gasteiger partial charge is 0.497 e. The van der Waals surface area contributed by atoms with Gasteiger partial charge in [-0.3, -0.25) is 9.89 Å². The summed E-state index contributed by atoms with van der Waals surface area (Å²) in [5.41, 5.74) is 6.95. The molecule has 0 atom stereocenters. The number of nitrogens with zero attached hydrogens (tertiary/aromatic N) is 2. The zero-order valence-electron chi connectivity index (χ0n) is 16.2. The van der Waals surface area contributed by atoms with Gasteiger partial charge in [0.25, 0.3) is 5.91 Å². The van der Waals surface area contributed by atoms with Crippen molar-refractivity contribution in [2.45, 2.75) is 13.8 Å². The third-order valence-electron chi connectivity index (χ3n) is 4.30. The van der Waals surface area contributed by atoms with E-state index in [0.29, 0.717) is 28.6 Å². The third kappa shape index (κ3) is 4.20. The molecule has 0 aliphatic rings. The number of hydrogen-bond acceptors (Lipinski definition) is 5. The van der Waals surface area contributed by atoms with E-state index in [9.17, 15) is 4.79 Å². The summed E-state index contributed by atoms with van der Waals surface area (Å²) in [6.07, 6.45) is 0. The molecule has 1 heterocycles. The molecule has 144 valence electrons. The van der Waals surface area contributed by atoms with Crippen LogP contribution in [0.4, 0.5) is 0 Å². The summed E-state index contributed by atoms with van der Waals surface area (Å²) >= 11 is 0. The maximum Gasteiger partial charge on any atom is 0.289 e. The second kappa shape index (κ2) is 8.39. The van der Waals surface area contributed by atoms with E-state index in [4.69, 9.17) is 9.47 Å². The summed E-state index contributed by atoms with van der Waals surface area (Å²) in [6, 6.07) is 15.0. The molecular formula is C21H22N4O3. The van der Waals surface area contributed by atoms with E-state index in [1.165, 1.54) is 5.56 Å². The first-order valence-electron chi connectivity index (χ1n) is 8.71. The number of methoxy groups -OCH3 is 2. The van der Waals surface area contributed by atoms with Crippen LogP contribution in [0.3, 0.4) is 0 Å². The number of carbonyl (C=O) groups excluding carboxylic acids is 1. The van der Waals surface area contributed by atoms with Crippen LogP contribution >= 0.6 is 0 Å². The van der Waals surface area contributed by atoms with Crippen molar-refractivity contribution in [3.63, 3.8) is 0 Å². The number of benzene rings is 2. The van der Waals surface area contributed by atoms with Gasteiger partial charge in [-0.1, -0.05) is 29.8 Å². The van der Waals surface area contributed by atoms with Crippen molar-refractivity contribution in [1.29, 1.82) is 0 Å². The summed E-state index contributed by atoms with van der Waals surface area (Å²) in [7, 11) is 3.16. The number of aryl methyl sites for hydroxylation is 1. The fraction of sp³-hybridized carbons (Fsp3) is 0.190. The second-order valence-corrected chi connectivity index (χ2v) is 6.24. The Morgan fingerprint density at radius 1 is 1.07 bits per heavy atom. The zero-order chi connectivity index (χ0) is 20.1. The van der Waals surface area contributed by atoms with Gasteiger partial charge in [-0.2, -0.15) is 10.2 Å². The first-order chi connectivity index (χ1) is 13.5. The van der Waals surface area contributed by atoms with Gasteiger partial charge in [0.2, 0.25) is 0 Å². The molecule has 0 bridgehead atoms. The highest BCUT2D eigenvalue weighted by Gasteiger charge is 2.15. The van der Waals surface area contributed by atoms with Gasteiger partial charge in [-0.15, -0.1) is 0 Å². The molecule has 7 heteroatoms. The molecule has 2 N–H and O–H groups in total. The molecule has 0 aliphatic carbocycles. The van der Waals surface area contributed by atoms with Gasteiger partial charge >= 0.3 is 0 Å². The van der Waals surface area contributed by atoms with Crippen LogP contribution < -0.4 is 14.9 Å². The first kappa shape index (κ1) is 19.2. The van der Waals surface area contributed by atoms with Crippen molar-refractivity contribution in [2.24, 2.45) is 5.10 Å². The monoisotopic (exact) mass is 378 g/mol. The van der Waals surface area contributed by atoms with Gasteiger partial charge < -0.3 is 9.47 Å². The Kier molecular flexibility index (Phi) is 5.74. The first-order valence-corrected chi connectivity index (χ1v) is 8.71. The fourth-order valence-electron chi connectivity index (χ4n) is 2.64. The van der Waals surface area contributed by atoms with Crippen LogP contribution in [0.15, 0.2) is 53.6 Å². The van der Waals surface area contributed by atoms with Crippen molar-refractivity contribution < 1.29 is 14.3 Å². The SMILES string of the molecule is COc1ccc(OC)c(-c2cc(C(=O)N/N=C(/C)c3ccc(C)cc3)[nH]n2)c1. The molecule has 0 radical (unpaired) electrons. The number of ether oxygens (including phenoxy) is 2. The van der Waals surface area contributed by atoms with Crippen molar-refractivity contribution in [1.82, 2.24) is 15.6 Å². The zero-order valence-corrected chi connectivity index (χ0v) is 16.2. The topological polar surface area (TPSA) is 88.6 Å². The van der Waals surface area contributed by atoms with Crippen LogP contribution in [0, 0.1) is 6.92 Å². The van der Waals surface area contributed by atoms with Gasteiger partial charge in [0, 0.05) is 5.56 Å². The van der Waals surface area contributed by atoms with E-state index < -0.39 is 0 Å². The predicted octanol–water partition coefficient (Wildman–Crippen LogP) is 3.56. The average molecular weight is 378 g/mol. The Hall–Kier alpha value is -3.61. The summed E-state index contributed by atoms with van der Waals surface area (Å²) in [6.45, 7) is 3.86.